The highest BCUT2D eigenvalue weighted by Gasteiger charge is 2.30. The maximum absolute atomic E-state index is 13.6. The first-order chi connectivity index (χ1) is 39.4. The minimum atomic E-state index is -4.48. The van der Waals surface area contributed by atoms with E-state index in [1.165, 1.54) is 122 Å². The molecule has 0 radical (unpaired) electrons. The monoisotopic (exact) mass is 1150 g/mol. The third-order valence-corrected chi connectivity index (χ3v) is 14.9. The van der Waals surface area contributed by atoms with Crippen molar-refractivity contribution in [3.63, 3.8) is 0 Å². The van der Waals surface area contributed by atoms with Crippen LogP contribution in [0.5, 0.6) is 0 Å². The fourth-order valence-electron chi connectivity index (χ4n) is 8.86. The number of allylic oxidation sites excluding steroid dienone is 19. The summed E-state index contributed by atoms with van der Waals surface area (Å²) in [6.07, 6.45) is 83.5. The summed E-state index contributed by atoms with van der Waals surface area (Å²) in [7, 11) is 1.44. The minimum absolute atomic E-state index is 0.0223. The van der Waals surface area contributed by atoms with Gasteiger partial charge in [-0.15, -0.1) is 0 Å². The summed E-state index contributed by atoms with van der Waals surface area (Å²) in [5, 5.41) is 3.04. The normalized spacial score (nSPS) is 14.4. The van der Waals surface area contributed by atoms with Crippen molar-refractivity contribution in [1.82, 2.24) is 5.32 Å². The number of esters is 1. The van der Waals surface area contributed by atoms with Gasteiger partial charge < -0.3 is 19.4 Å². The number of rotatable bonds is 58. The standard InChI is InChI=1S/C71H123N2O7P/c1-7-10-13-16-19-22-25-28-30-32-34-35-36-37-39-40-42-45-48-51-54-57-60-63-70(74)72-68(67-79-81(76,77)78-66-65-73(4,5)6)69(62-59-56-53-50-47-44-27-24-21-18-15-12-9-3)80-71(75)64-61-58-55-52-49-46-43-41-38-33-31-29-26-23-20-17-14-11-8-2/h11,14,19-20,22-23,28-31,34-35,38,41,46,49,55,58-59,62,68-69H,7-10,12-13,15-18,21,24-27,32-33,36-37,39-40,42-45,47-48,50-54,56-57,60-61,63-67H2,1-6H3,(H-,72,74,76,77)/p+1/b14-11-,22-19-,23-20-,30-28-,31-29-,35-34-,41-38-,49-46-,58-55-,62-59-. The Morgan fingerprint density at radius 3 is 1.23 bits per heavy atom. The first-order valence-corrected chi connectivity index (χ1v) is 34.4. The molecule has 0 aromatic carbocycles. The molecule has 3 unspecified atom stereocenters. The van der Waals surface area contributed by atoms with Gasteiger partial charge in [-0.1, -0.05) is 265 Å². The minimum Gasteiger partial charge on any atom is -0.456 e. The topological polar surface area (TPSA) is 111 Å². The fourth-order valence-corrected chi connectivity index (χ4v) is 9.59. The highest BCUT2D eigenvalue weighted by Crippen LogP contribution is 2.43. The summed E-state index contributed by atoms with van der Waals surface area (Å²) in [6.45, 7) is 6.82. The number of carbonyl (C=O) groups excluding carboxylic acids is 2. The predicted octanol–water partition coefficient (Wildman–Crippen LogP) is 20.7. The zero-order valence-corrected chi connectivity index (χ0v) is 53.9. The molecule has 9 nitrogen and oxygen atoms in total. The van der Waals surface area contributed by atoms with Crippen molar-refractivity contribution in [2.24, 2.45) is 0 Å². The van der Waals surface area contributed by atoms with Gasteiger partial charge in [0.1, 0.15) is 19.3 Å². The van der Waals surface area contributed by atoms with Gasteiger partial charge >= 0.3 is 13.8 Å². The fraction of sp³-hybridized carbons (Fsp3) is 0.690. The van der Waals surface area contributed by atoms with Crippen LogP contribution in [-0.2, 0) is 27.9 Å². The molecule has 0 bridgehead atoms. The first-order valence-electron chi connectivity index (χ1n) is 32.9. The lowest BCUT2D eigenvalue weighted by atomic mass is 10.0. The SMILES string of the molecule is CC/C=C\C/C=C\C/C=C\C/C=C\C/C=C\C/C=C\CCC(=O)OC(/C=C\CCCCCCCCCCCCC)C(COP(=O)(O)OCC[N+](C)(C)C)NC(=O)CCCCCCCCCCCC/C=C\C/C=C\C/C=C\CCCCC. The molecule has 0 aliphatic rings. The van der Waals surface area contributed by atoms with Crippen molar-refractivity contribution in [2.45, 2.75) is 277 Å². The Labute approximate surface area is 499 Å². The quantitative estimate of drug-likeness (QED) is 0.0205. The second-order valence-corrected chi connectivity index (χ2v) is 24.4. The summed E-state index contributed by atoms with van der Waals surface area (Å²) in [5.41, 5.74) is 0. The molecule has 0 heterocycles. The number of nitrogens with one attached hydrogen (secondary N) is 1. The lowest BCUT2D eigenvalue weighted by Crippen LogP contribution is -2.47. The van der Waals surface area contributed by atoms with Crippen molar-refractivity contribution in [2.75, 3.05) is 40.9 Å². The molecule has 0 saturated heterocycles. The van der Waals surface area contributed by atoms with Gasteiger partial charge in [-0.3, -0.25) is 18.6 Å². The molecule has 464 valence electrons. The van der Waals surface area contributed by atoms with Crippen molar-refractivity contribution >= 4 is 19.7 Å². The summed E-state index contributed by atoms with van der Waals surface area (Å²) in [6, 6.07) is -0.890. The number of amides is 1. The molecule has 2 N–H and O–H groups in total. The largest absolute Gasteiger partial charge is 0.472 e. The third kappa shape index (κ3) is 60.8. The van der Waals surface area contributed by atoms with E-state index < -0.39 is 25.9 Å². The zero-order valence-electron chi connectivity index (χ0n) is 53.0. The van der Waals surface area contributed by atoms with Crippen LogP contribution in [0.1, 0.15) is 265 Å². The number of phosphoric acid groups is 1. The van der Waals surface area contributed by atoms with Crippen molar-refractivity contribution in [1.29, 1.82) is 0 Å². The van der Waals surface area contributed by atoms with Crippen molar-refractivity contribution in [3.05, 3.63) is 122 Å². The van der Waals surface area contributed by atoms with Gasteiger partial charge in [0, 0.05) is 12.8 Å². The molecule has 0 rings (SSSR count). The number of nitrogens with zero attached hydrogens (tertiary/aromatic N) is 1. The molecule has 10 heteroatoms. The van der Waals surface area contributed by atoms with Gasteiger partial charge in [-0.05, 0) is 109 Å². The van der Waals surface area contributed by atoms with Gasteiger partial charge in [0.05, 0.1) is 33.8 Å². The maximum Gasteiger partial charge on any atom is 0.472 e. The Kier molecular flexibility index (Phi) is 56.9. The van der Waals surface area contributed by atoms with Crippen LogP contribution in [0.4, 0.5) is 0 Å². The number of unbranched alkanes of at least 4 members (excludes halogenated alkanes) is 24. The Hall–Kier alpha value is -3.59. The van der Waals surface area contributed by atoms with Crippen molar-refractivity contribution < 1.29 is 37.3 Å². The Balaban J connectivity index is 5.32. The molecule has 0 spiro atoms. The molecule has 81 heavy (non-hydrogen) atoms. The van der Waals surface area contributed by atoms with Crippen LogP contribution >= 0.6 is 7.82 Å². The van der Waals surface area contributed by atoms with E-state index in [2.05, 4.69) is 129 Å². The molecule has 0 aliphatic carbocycles. The van der Waals surface area contributed by atoms with E-state index in [9.17, 15) is 19.0 Å². The van der Waals surface area contributed by atoms with Gasteiger partial charge in [0.2, 0.25) is 5.91 Å². The first kappa shape index (κ1) is 77.4. The van der Waals surface area contributed by atoms with Crippen LogP contribution in [0.3, 0.4) is 0 Å². The number of phosphoric ester groups is 1. The summed E-state index contributed by atoms with van der Waals surface area (Å²) in [5.74, 6) is -0.611. The van der Waals surface area contributed by atoms with Gasteiger partial charge in [-0.2, -0.15) is 0 Å². The molecule has 3 atom stereocenters. The number of quaternary nitrogens is 1. The number of hydrogen-bond donors (Lipinski definition) is 2. The molecule has 1 amide bonds. The van der Waals surface area contributed by atoms with Gasteiger partial charge in [0.15, 0.2) is 0 Å². The molecular weight excluding hydrogens is 1020 g/mol. The van der Waals surface area contributed by atoms with Crippen LogP contribution in [-0.4, -0.2) is 74.3 Å². The van der Waals surface area contributed by atoms with E-state index in [0.717, 1.165) is 103 Å². The van der Waals surface area contributed by atoms with E-state index in [0.29, 0.717) is 23.9 Å². The summed E-state index contributed by atoms with van der Waals surface area (Å²) in [4.78, 5) is 37.8. The van der Waals surface area contributed by atoms with Crippen LogP contribution in [0, 0.1) is 0 Å². The molecule has 0 fully saturated rings. The van der Waals surface area contributed by atoms with E-state index in [4.69, 9.17) is 13.8 Å². The van der Waals surface area contributed by atoms with Crippen molar-refractivity contribution in [3.8, 4) is 0 Å². The van der Waals surface area contributed by atoms with E-state index in [1.54, 1.807) is 0 Å². The van der Waals surface area contributed by atoms with Gasteiger partial charge in [0.25, 0.3) is 0 Å². The number of carbonyl (C=O) groups is 2. The highest BCUT2D eigenvalue weighted by atomic mass is 31.2. The molecule has 0 aromatic heterocycles. The molecule has 0 aliphatic heterocycles. The Morgan fingerprint density at radius 1 is 0.444 bits per heavy atom. The Morgan fingerprint density at radius 2 is 0.802 bits per heavy atom. The lowest BCUT2D eigenvalue weighted by Gasteiger charge is -2.27. The maximum atomic E-state index is 13.6. The average molecular weight is 1150 g/mol. The number of likely N-dealkylation sites (N-methyl/N-ethyl adjacent to an activating group) is 1. The zero-order chi connectivity index (χ0) is 59.3. The smallest absolute Gasteiger partial charge is 0.456 e. The van der Waals surface area contributed by atoms with Crippen LogP contribution < -0.4 is 5.32 Å². The van der Waals surface area contributed by atoms with Gasteiger partial charge in [-0.25, -0.2) is 4.57 Å². The third-order valence-electron chi connectivity index (χ3n) is 13.9. The summed E-state index contributed by atoms with van der Waals surface area (Å²) >= 11 is 0. The predicted molar refractivity (Wildman–Crippen MR) is 350 cm³/mol. The van der Waals surface area contributed by atoms with Crippen LogP contribution in [0.25, 0.3) is 0 Å². The molecular formula is C71H124N2O7P+. The second kappa shape index (κ2) is 59.6. The highest BCUT2D eigenvalue weighted by molar-refractivity contribution is 7.47. The Bertz CT molecular complexity index is 1800. The lowest BCUT2D eigenvalue weighted by molar-refractivity contribution is -0.870. The molecule has 0 aromatic rings. The second-order valence-electron chi connectivity index (χ2n) is 22.9. The van der Waals surface area contributed by atoms with Crippen LogP contribution in [0.2, 0.25) is 0 Å². The number of hydrogen-bond acceptors (Lipinski definition) is 6. The summed E-state index contributed by atoms with van der Waals surface area (Å²) < 4.78 is 30.7. The average Bonchev–Trinajstić information content (AvgIpc) is 3.44. The van der Waals surface area contributed by atoms with E-state index in [-0.39, 0.29) is 25.5 Å². The van der Waals surface area contributed by atoms with Crippen LogP contribution in [0.15, 0.2) is 122 Å². The molecule has 0 saturated carbocycles. The van der Waals surface area contributed by atoms with E-state index >= 15 is 0 Å². The van der Waals surface area contributed by atoms with E-state index in [1.807, 2.05) is 39.4 Å². The number of ether oxygens (including phenoxy) is 1.